The highest BCUT2D eigenvalue weighted by molar-refractivity contribution is 6.30. The van der Waals surface area contributed by atoms with Gasteiger partial charge in [0.25, 0.3) is 5.56 Å². The molecule has 0 aromatic carbocycles. The van der Waals surface area contributed by atoms with E-state index in [1.807, 2.05) is 6.92 Å². The first kappa shape index (κ1) is 15.4. The van der Waals surface area contributed by atoms with Crippen molar-refractivity contribution >= 4 is 11.6 Å². The molecule has 9 heteroatoms. The summed E-state index contributed by atoms with van der Waals surface area (Å²) in [5.41, 5.74) is 1.60. The Balaban J connectivity index is 1.69. The van der Waals surface area contributed by atoms with Gasteiger partial charge in [0.05, 0.1) is 12.0 Å². The molecule has 0 aliphatic rings. The minimum atomic E-state index is -0.113. The number of hydrogen-bond donors (Lipinski definition) is 0. The van der Waals surface area contributed by atoms with Crippen molar-refractivity contribution in [3.63, 3.8) is 0 Å². The van der Waals surface area contributed by atoms with Crippen LogP contribution >= 0.6 is 11.6 Å². The molecule has 0 atom stereocenters. The Bertz CT molecular complexity index is 882. The standard InChI is InChI=1S/C14H15ClN6O2/c1-9-10(14(15)20(2)18-9)7-11-17-12(23-19-11)4-6-21-8-16-5-3-13(21)22/h3,5,8H,4,6-7H2,1-2H3. The summed E-state index contributed by atoms with van der Waals surface area (Å²) in [5, 5.41) is 8.77. The highest BCUT2D eigenvalue weighted by atomic mass is 35.5. The lowest BCUT2D eigenvalue weighted by Crippen LogP contribution is -2.19. The molecule has 3 aromatic rings. The average molecular weight is 335 g/mol. The van der Waals surface area contributed by atoms with E-state index < -0.39 is 0 Å². The topological polar surface area (TPSA) is 91.6 Å². The maximum atomic E-state index is 11.6. The number of nitrogens with zero attached hydrogens (tertiary/aromatic N) is 6. The molecule has 0 N–H and O–H groups in total. The summed E-state index contributed by atoms with van der Waals surface area (Å²) in [4.78, 5) is 19.8. The third-order valence-corrected chi connectivity index (χ3v) is 3.95. The number of aryl methyl sites for hydroxylation is 4. The van der Waals surface area contributed by atoms with E-state index in [0.29, 0.717) is 36.3 Å². The van der Waals surface area contributed by atoms with Crippen LogP contribution in [0.2, 0.25) is 5.15 Å². The normalized spacial score (nSPS) is 11.1. The maximum Gasteiger partial charge on any atom is 0.253 e. The van der Waals surface area contributed by atoms with Crippen LogP contribution in [0.25, 0.3) is 0 Å². The van der Waals surface area contributed by atoms with Gasteiger partial charge in [0, 0.05) is 44.3 Å². The lowest BCUT2D eigenvalue weighted by atomic mass is 10.2. The molecular formula is C14H15ClN6O2. The summed E-state index contributed by atoms with van der Waals surface area (Å²) in [6, 6.07) is 1.41. The number of aromatic nitrogens is 6. The van der Waals surface area contributed by atoms with Gasteiger partial charge in [-0.3, -0.25) is 14.0 Å². The zero-order chi connectivity index (χ0) is 16.4. The highest BCUT2D eigenvalue weighted by Crippen LogP contribution is 2.21. The summed E-state index contributed by atoms with van der Waals surface area (Å²) in [5.74, 6) is 1.00. The van der Waals surface area contributed by atoms with E-state index in [4.69, 9.17) is 16.1 Å². The largest absolute Gasteiger partial charge is 0.339 e. The third kappa shape index (κ3) is 3.31. The molecule has 0 aliphatic carbocycles. The van der Waals surface area contributed by atoms with E-state index in [0.717, 1.165) is 11.3 Å². The molecule has 3 heterocycles. The second kappa shape index (κ2) is 6.33. The number of halogens is 1. The molecule has 0 saturated carbocycles. The molecule has 0 fully saturated rings. The van der Waals surface area contributed by atoms with Crippen LogP contribution in [0.4, 0.5) is 0 Å². The Morgan fingerprint density at radius 2 is 2.22 bits per heavy atom. The molecule has 3 rings (SSSR count). The first-order valence-electron chi connectivity index (χ1n) is 7.04. The van der Waals surface area contributed by atoms with Gasteiger partial charge in [-0.05, 0) is 6.92 Å². The van der Waals surface area contributed by atoms with Crippen molar-refractivity contribution in [2.45, 2.75) is 26.3 Å². The van der Waals surface area contributed by atoms with Crippen molar-refractivity contribution in [3.8, 4) is 0 Å². The van der Waals surface area contributed by atoms with Crippen molar-refractivity contribution in [1.82, 2.24) is 29.5 Å². The highest BCUT2D eigenvalue weighted by Gasteiger charge is 2.15. The molecule has 0 amide bonds. The van der Waals surface area contributed by atoms with Crippen LogP contribution in [0.5, 0.6) is 0 Å². The van der Waals surface area contributed by atoms with Gasteiger partial charge in [0.2, 0.25) is 5.89 Å². The predicted molar refractivity (Wildman–Crippen MR) is 82.3 cm³/mol. The molecular weight excluding hydrogens is 320 g/mol. The van der Waals surface area contributed by atoms with Gasteiger partial charge < -0.3 is 4.52 Å². The summed E-state index contributed by atoms with van der Waals surface area (Å²) < 4.78 is 8.32. The fraction of sp³-hybridized carbons (Fsp3) is 0.357. The lowest BCUT2D eigenvalue weighted by molar-refractivity contribution is 0.366. The monoisotopic (exact) mass is 334 g/mol. The van der Waals surface area contributed by atoms with E-state index in [9.17, 15) is 4.79 Å². The van der Waals surface area contributed by atoms with Crippen LogP contribution in [-0.4, -0.2) is 29.5 Å². The fourth-order valence-corrected chi connectivity index (χ4v) is 2.50. The van der Waals surface area contributed by atoms with Crippen LogP contribution in [0.1, 0.15) is 23.0 Å². The molecule has 0 unspecified atom stereocenters. The minimum Gasteiger partial charge on any atom is -0.339 e. The van der Waals surface area contributed by atoms with Crippen LogP contribution in [0.3, 0.4) is 0 Å². The smallest absolute Gasteiger partial charge is 0.253 e. The SMILES string of the molecule is Cc1nn(C)c(Cl)c1Cc1noc(CCn2cnccc2=O)n1. The maximum absolute atomic E-state index is 11.6. The van der Waals surface area contributed by atoms with Crippen LogP contribution in [-0.2, 0) is 26.4 Å². The number of rotatable bonds is 5. The Morgan fingerprint density at radius 1 is 1.39 bits per heavy atom. The minimum absolute atomic E-state index is 0.113. The van der Waals surface area contributed by atoms with E-state index in [-0.39, 0.29) is 5.56 Å². The fourth-order valence-electron chi connectivity index (χ4n) is 2.26. The summed E-state index contributed by atoms with van der Waals surface area (Å²) in [7, 11) is 1.78. The first-order valence-corrected chi connectivity index (χ1v) is 7.42. The van der Waals surface area contributed by atoms with E-state index in [2.05, 4.69) is 20.2 Å². The molecule has 8 nitrogen and oxygen atoms in total. The number of hydrogen-bond acceptors (Lipinski definition) is 6. The van der Waals surface area contributed by atoms with E-state index in [1.165, 1.54) is 23.2 Å². The van der Waals surface area contributed by atoms with Gasteiger partial charge >= 0.3 is 0 Å². The second-order valence-electron chi connectivity index (χ2n) is 5.12. The molecule has 0 saturated heterocycles. The third-order valence-electron chi connectivity index (χ3n) is 3.47. The molecule has 3 aromatic heterocycles. The summed E-state index contributed by atoms with van der Waals surface area (Å²) in [6.07, 6.45) is 3.86. The molecule has 0 spiro atoms. The van der Waals surface area contributed by atoms with Gasteiger partial charge in [0.15, 0.2) is 5.82 Å². The van der Waals surface area contributed by atoms with Gasteiger partial charge in [-0.15, -0.1) is 0 Å². The molecule has 0 aliphatic heterocycles. The molecule has 0 radical (unpaired) electrons. The summed E-state index contributed by atoms with van der Waals surface area (Å²) in [6.45, 7) is 2.32. The van der Waals surface area contributed by atoms with E-state index >= 15 is 0 Å². The average Bonchev–Trinajstić information content (AvgIpc) is 3.07. The zero-order valence-corrected chi connectivity index (χ0v) is 13.5. The Hall–Kier alpha value is -2.48. The van der Waals surface area contributed by atoms with Crippen LogP contribution in [0, 0.1) is 6.92 Å². The van der Waals surface area contributed by atoms with Crippen molar-refractivity contribution in [2.75, 3.05) is 0 Å². The first-order chi connectivity index (χ1) is 11.0. The summed E-state index contributed by atoms with van der Waals surface area (Å²) >= 11 is 6.20. The molecule has 23 heavy (non-hydrogen) atoms. The zero-order valence-electron chi connectivity index (χ0n) is 12.7. The quantitative estimate of drug-likeness (QED) is 0.695. The van der Waals surface area contributed by atoms with Crippen molar-refractivity contribution in [2.24, 2.45) is 7.05 Å². The molecule has 0 bridgehead atoms. The molecule has 120 valence electrons. The van der Waals surface area contributed by atoms with Gasteiger partial charge in [-0.2, -0.15) is 10.1 Å². The second-order valence-corrected chi connectivity index (χ2v) is 5.48. The van der Waals surface area contributed by atoms with E-state index in [1.54, 1.807) is 11.7 Å². The van der Waals surface area contributed by atoms with Crippen molar-refractivity contribution in [1.29, 1.82) is 0 Å². The van der Waals surface area contributed by atoms with Crippen molar-refractivity contribution < 1.29 is 4.52 Å². The van der Waals surface area contributed by atoms with Crippen molar-refractivity contribution in [3.05, 3.63) is 57.1 Å². The van der Waals surface area contributed by atoms with Gasteiger partial charge in [-0.1, -0.05) is 16.8 Å². The van der Waals surface area contributed by atoms with Crippen LogP contribution in [0.15, 0.2) is 27.9 Å². The lowest BCUT2D eigenvalue weighted by Gasteiger charge is -2.00. The Morgan fingerprint density at radius 3 is 2.91 bits per heavy atom. The Labute approximate surface area is 136 Å². The van der Waals surface area contributed by atoms with Gasteiger partial charge in [-0.25, -0.2) is 4.98 Å². The predicted octanol–water partition coefficient (Wildman–Crippen LogP) is 1.16. The Kier molecular flexibility index (Phi) is 4.24. The van der Waals surface area contributed by atoms with Gasteiger partial charge in [0.1, 0.15) is 5.15 Å². The van der Waals surface area contributed by atoms with Crippen LogP contribution < -0.4 is 5.56 Å².